The van der Waals surface area contributed by atoms with Crippen molar-refractivity contribution in [2.45, 2.75) is 58.5 Å². The van der Waals surface area contributed by atoms with Gasteiger partial charge in [-0.05, 0) is 55.4 Å². The molecule has 0 radical (unpaired) electrons. The maximum atomic E-state index is 12.1. The molecule has 1 saturated carbocycles. The van der Waals surface area contributed by atoms with Gasteiger partial charge in [0, 0.05) is 24.2 Å². The largest absolute Gasteiger partial charge is 0.465 e. The maximum Gasteiger partial charge on any atom is 0.407 e. The lowest BCUT2D eigenvalue weighted by molar-refractivity contribution is 0.0856. The van der Waals surface area contributed by atoms with Gasteiger partial charge >= 0.3 is 6.09 Å². The van der Waals surface area contributed by atoms with Gasteiger partial charge in [0.1, 0.15) is 0 Å². The van der Waals surface area contributed by atoms with Crippen LogP contribution in [0.25, 0.3) is 0 Å². The van der Waals surface area contributed by atoms with Gasteiger partial charge in [0.25, 0.3) is 5.91 Å². The van der Waals surface area contributed by atoms with Gasteiger partial charge in [-0.25, -0.2) is 4.79 Å². The molecule has 0 aromatic heterocycles. The first-order chi connectivity index (χ1) is 12.7. The average molecular weight is 392 g/mol. The molecule has 1 fully saturated rings. The molecule has 1 aliphatic rings. The quantitative estimate of drug-likeness (QED) is 0.683. The average Bonchev–Trinajstić information content (AvgIpc) is 2.60. The van der Waals surface area contributed by atoms with Crippen molar-refractivity contribution in [2.75, 3.05) is 6.54 Å². The van der Waals surface area contributed by atoms with E-state index in [0.29, 0.717) is 17.2 Å². The lowest BCUT2D eigenvalue weighted by atomic mass is 9.88. The molecule has 2 rings (SSSR count). The zero-order valence-corrected chi connectivity index (χ0v) is 17.0. The number of carbonyl (C=O) groups is 2. The van der Waals surface area contributed by atoms with Crippen molar-refractivity contribution in [3.8, 4) is 0 Å². The fourth-order valence-corrected chi connectivity index (χ4v) is 3.64. The summed E-state index contributed by atoms with van der Waals surface area (Å²) in [6.07, 6.45) is 2.36. The number of benzene rings is 1. The number of nitrogens with zero attached hydrogens (tertiary/aromatic N) is 1. The van der Waals surface area contributed by atoms with Crippen molar-refractivity contribution in [2.24, 2.45) is 5.41 Å². The Morgan fingerprint density at radius 1 is 1.15 bits per heavy atom. The third-order valence-electron chi connectivity index (χ3n) is 4.63. The molecule has 0 bridgehead atoms. The van der Waals surface area contributed by atoms with E-state index in [1.807, 2.05) is 26.8 Å². The first-order valence-corrected chi connectivity index (χ1v) is 9.73. The van der Waals surface area contributed by atoms with E-state index in [0.717, 1.165) is 25.7 Å². The Kier molecular flexibility index (Phi) is 7.18. The Labute approximate surface area is 166 Å². The first kappa shape index (κ1) is 21.2. The second-order valence-electron chi connectivity index (χ2n) is 8.27. The van der Waals surface area contributed by atoms with E-state index in [1.165, 1.54) is 0 Å². The van der Waals surface area contributed by atoms with Gasteiger partial charge in [-0.2, -0.15) is 0 Å². The number of carbonyl (C=O) groups excluding carboxylic acids is 1. The standard InChI is InChI=1S/C20H29N3O3S/c1-20(2,3)13-23(19(25)26)16-11-9-15(10-12-16)21-18(27)22-17(24)14-7-5-4-6-8-14/h4-8,15-16H,9-13H2,1-3H3,(H,25,26)(H2,21,22,24,27). The van der Waals surface area contributed by atoms with E-state index in [4.69, 9.17) is 12.2 Å². The lowest BCUT2D eigenvalue weighted by Crippen LogP contribution is -2.50. The SMILES string of the molecule is CC(C)(C)CN(C(=O)O)C1CCC(NC(=S)NC(=O)c2ccccc2)CC1. The molecule has 1 aromatic rings. The van der Waals surface area contributed by atoms with Crippen molar-refractivity contribution in [1.29, 1.82) is 0 Å². The van der Waals surface area contributed by atoms with E-state index < -0.39 is 6.09 Å². The van der Waals surface area contributed by atoms with Crippen molar-refractivity contribution in [3.63, 3.8) is 0 Å². The van der Waals surface area contributed by atoms with Crippen LogP contribution in [0.2, 0.25) is 0 Å². The number of carboxylic acid groups (broad SMARTS) is 1. The molecule has 6 nitrogen and oxygen atoms in total. The number of amides is 2. The number of nitrogens with one attached hydrogen (secondary N) is 2. The molecule has 1 aromatic carbocycles. The zero-order valence-electron chi connectivity index (χ0n) is 16.2. The van der Waals surface area contributed by atoms with E-state index in [1.54, 1.807) is 29.2 Å². The summed E-state index contributed by atoms with van der Waals surface area (Å²) in [6.45, 7) is 6.66. The molecular formula is C20H29N3O3S. The van der Waals surface area contributed by atoms with Crippen LogP contribution in [-0.2, 0) is 0 Å². The maximum absolute atomic E-state index is 12.1. The minimum atomic E-state index is -0.855. The van der Waals surface area contributed by atoms with Crippen molar-refractivity contribution in [3.05, 3.63) is 35.9 Å². The summed E-state index contributed by atoms with van der Waals surface area (Å²) in [6, 6.07) is 9.11. The van der Waals surface area contributed by atoms with Crippen LogP contribution in [0.1, 0.15) is 56.8 Å². The minimum Gasteiger partial charge on any atom is -0.465 e. The predicted octanol–water partition coefficient (Wildman–Crippen LogP) is 3.63. The van der Waals surface area contributed by atoms with Gasteiger partial charge in [0.2, 0.25) is 0 Å². The highest BCUT2D eigenvalue weighted by atomic mass is 32.1. The van der Waals surface area contributed by atoms with Gasteiger partial charge in [-0.3, -0.25) is 10.1 Å². The van der Waals surface area contributed by atoms with Gasteiger partial charge in [0.15, 0.2) is 5.11 Å². The molecule has 2 amide bonds. The zero-order chi connectivity index (χ0) is 20.0. The summed E-state index contributed by atoms with van der Waals surface area (Å²) in [7, 11) is 0. The van der Waals surface area contributed by atoms with Crippen molar-refractivity contribution in [1.82, 2.24) is 15.5 Å². The molecule has 148 valence electrons. The molecule has 3 N–H and O–H groups in total. The Balaban J connectivity index is 1.82. The molecule has 0 saturated heterocycles. The Morgan fingerprint density at radius 3 is 2.26 bits per heavy atom. The van der Waals surface area contributed by atoms with E-state index in [2.05, 4.69) is 10.6 Å². The second-order valence-corrected chi connectivity index (χ2v) is 8.68. The summed E-state index contributed by atoms with van der Waals surface area (Å²) < 4.78 is 0. The van der Waals surface area contributed by atoms with Crippen LogP contribution in [0.4, 0.5) is 4.79 Å². The van der Waals surface area contributed by atoms with Crippen LogP contribution in [0.5, 0.6) is 0 Å². The van der Waals surface area contributed by atoms with Crippen LogP contribution in [0, 0.1) is 5.41 Å². The molecule has 0 aliphatic heterocycles. The van der Waals surface area contributed by atoms with Gasteiger partial charge in [-0.1, -0.05) is 39.0 Å². The summed E-state index contributed by atoms with van der Waals surface area (Å²) in [5.74, 6) is -0.232. The molecule has 7 heteroatoms. The molecule has 0 spiro atoms. The highest BCUT2D eigenvalue weighted by molar-refractivity contribution is 7.80. The van der Waals surface area contributed by atoms with Gasteiger partial charge in [0.05, 0.1) is 0 Å². The van der Waals surface area contributed by atoms with Crippen molar-refractivity contribution < 1.29 is 14.7 Å². The van der Waals surface area contributed by atoms with E-state index in [-0.39, 0.29) is 23.4 Å². The minimum absolute atomic E-state index is 0.0345. The summed E-state index contributed by atoms with van der Waals surface area (Å²) in [5, 5.41) is 15.8. The number of rotatable bonds is 4. The highest BCUT2D eigenvalue weighted by Crippen LogP contribution is 2.26. The normalized spacial score (nSPS) is 19.8. The van der Waals surface area contributed by atoms with Crippen LogP contribution < -0.4 is 10.6 Å². The first-order valence-electron chi connectivity index (χ1n) is 9.32. The smallest absolute Gasteiger partial charge is 0.407 e. The van der Waals surface area contributed by atoms with E-state index >= 15 is 0 Å². The van der Waals surface area contributed by atoms with Crippen LogP contribution in [0.3, 0.4) is 0 Å². The molecule has 1 aliphatic carbocycles. The highest BCUT2D eigenvalue weighted by Gasteiger charge is 2.31. The predicted molar refractivity (Wildman–Crippen MR) is 110 cm³/mol. The molecule has 0 heterocycles. The number of thiocarbonyl (C=S) groups is 1. The molecule has 0 unspecified atom stereocenters. The van der Waals surface area contributed by atoms with Crippen LogP contribution in [0.15, 0.2) is 30.3 Å². The Bertz CT molecular complexity index is 665. The summed E-state index contributed by atoms with van der Waals surface area (Å²) >= 11 is 5.26. The fraction of sp³-hybridized carbons (Fsp3) is 0.550. The Morgan fingerprint density at radius 2 is 1.74 bits per heavy atom. The van der Waals surface area contributed by atoms with Crippen LogP contribution >= 0.6 is 12.2 Å². The number of hydrogen-bond donors (Lipinski definition) is 3. The fourth-order valence-electron chi connectivity index (χ4n) is 3.38. The lowest BCUT2D eigenvalue weighted by Gasteiger charge is -2.38. The van der Waals surface area contributed by atoms with Gasteiger partial charge < -0.3 is 15.3 Å². The van der Waals surface area contributed by atoms with Crippen molar-refractivity contribution >= 4 is 29.3 Å². The summed E-state index contributed by atoms with van der Waals surface area (Å²) in [4.78, 5) is 25.3. The molecule has 0 atom stereocenters. The Hall–Kier alpha value is -2.15. The van der Waals surface area contributed by atoms with E-state index in [9.17, 15) is 14.7 Å². The molecular weight excluding hydrogens is 362 g/mol. The monoisotopic (exact) mass is 391 g/mol. The third-order valence-corrected chi connectivity index (χ3v) is 4.85. The third kappa shape index (κ3) is 6.82. The number of hydrogen-bond acceptors (Lipinski definition) is 3. The van der Waals surface area contributed by atoms with Gasteiger partial charge in [-0.15, -0.1) is 0 Å². The van der Waals surface area contributed by atoms with Crippen LogP contribution in [-0.4, -0.2) is 45.7 Å². The second kappa shape index (κ2) is 9.17. The topological polar surface area (TPSA) is 81.7 Å². The molecule has 27 heavy (non-hydrogen) atoms. The summed E-state index contributed by atoms with van der Waals surface area (Å²) in [5.41, 5.74) is 0.487.